The number of amides is 1. The topological polar surface area (TPSA) is 79.4 Å². The number of nitrogens with one attached hydrogen (secondary N) is 2. The Hall–Kier alpha value is -3.06. The molecule has 0 spiro atoms. The van der Waals surface area contributed by atoms with Gasteiger partial charge in [0.25, 0.3) is 11.5 Å². The SMILES string of the molecule is Cc1cc(C)c(CNC(=O)c2cc(N3CCOCC3)cc3c(C(C)C)cn(C)c23)c(=O)[nH]1. The highest BCUT2D eigenvalue weighted by Crippen LogP contribution is 2.33. The predicted octanol–water partition coefficient (Wildman–Crippen LogP) is 3.37. The number of H-pyrrole nitrogens is 1. The number of hydrogen-bond donors (Lipinski definition) is 2. The number of morpholine rings is 1. The first-order valence-corrected chi connectivity index (χ1v) is 11.2. The van der Waals surface area contributed by atoms with Gasteiger partial charge in [0.1, 0.15) is 0 Å². The molecule has 7 nitrogen and oxygen atoms in total. The van der Waals surface area contributed by atoms with E-state index in [1.807, 2.05) is 37.6 Å². The van der Waals surface area contributed by atoms with Gasteiger partial charge >= 0.3 is 0 Å². The zero-order valence-electron chi connectivity index (χ0n) is 19.5. The zero-order chi connectivity index (χ0) is 23.0. The van der Waals surface area contributed by atoms with E-state index in [4.69, 9.17) is 4.74 Å². The van der Waals surface area contributed by atoms with Crippen LogP contribution in [0.3, 0.4) is 0 Å². The molecule has 32 heavy (non-hydrogen) atoms. The molecule has 0 saturated carbocycles. The lowest BCUT2D eigenvalue weighted by atomic mass is 9.99. The molecule has 0 aliphatic carbocycles. The molecule has 3 aromatic rings. The summed E-state index contributed by atoms with van der Waals surface area (Å²) in [7, 11) is 1.98. The summed E-state index contributed by atoms with van der Waals surface area (Å²) in [6.07, 6.45) is 2.12. The van der Waals surface area contributed by atoms with E-state index >= 15 is 0 Å². The Bertz CT molecular complexity index is 1220. The number of rotatable bonds is 5. The lowest BCUT2D eigenvalue weighted by Crippen LogP contribution is -2.36. The molecule has 2 N–H and O–H groups in total. The first-order valence-electron chi connectivity index (χ1n) is 11.2. The predicted molar refractivity (Wildman–Crippen MR) is 128 cm³/mol. The molecular formula is C25H32N4O3. The van der Waals surface area contributed by atoms with Gasteiger partial charge < -0.3 is 24.5 Å². The fourth-order valence-electron chi connectivity index (χ4n) is 4.56. The van der Waals surface area contributed by atoms with Crippen LogP contribution in [-0.2, 0) is 18.3 Å². The molecule has 170 valence electrons. The zero-order valence-corrected chi connectivity index (χ0v) is 19.5. The molecule has 1 saturated heterocycles. The largest absolute Gasteiger partial charge is 0.378 e. The molecule has 1 aliphatic rings. The van der Waals surface area contributed by atoms with E-state index in [0.29, 0.717) is 30.3 Å². The molecule has 7 heteroatoms. The van der Waals surface area contributed by atoms with E-state index in [1.165, 1.54) is 5.56 Å². The fourth-order valence-corrected chi connectivity index (χ4v) is 4.56. The van der Waals surface area contributed by atoms with Crippen molar-refractivity contribution in [3.63, 3.8) is 0 Å². The molecule has 3 heterocycles. The summed E-state index contributed by atoms with van der Waals surface area (Å²) in [5.41, 5.74) is 5.90. The minimum atomic E-state index is -0.180. The quantitative estimate of drug-likeness (QED) is 0.643. The number of aromatic nitrogens is 2. The van der Waals surface area contributed by atoms with Gasteiger partial charge in [-0.25, -0.2) is 0 Å². The summed E-state index contributed by atoms with van der Waals surface area (Å²) in [5, 5.41) is 4.09. The highest BCUT2D eigenvalue weighted by atomic mass is 16.5. The maximum atomic E-state index is 13.4. The maximum Gasteiger partial charge on any atom is 0.253 e. The smallest absolute Gasteiger partial charge is 0.253 e. The Morgan fingerprint density at radius 3 is 2.56 bits per heavy atom. The molecular weight excluding hydrogens is 404 g/mol. The second-order valence-electron chi connectivity index (χ2n) is 8.96. The van der Waals surface area contributed by atoms with Crippen LogP contribution in [0.4, 0.5) is 5.69 Å². The van der Waals surface area contributed by atoms with E-state index in [0.717, 1.165) is 40.9 Å². The second kappa shape index (κ2) is 8.82. The van der Waals surface area contributed by atoms with Crippen molar-refractivity contribution in [2.75, 3.05) is 31.2 Å². The lowest BCUT2D eigenvalue weighted by Gasteiger charge is -2.29. The Balaban J connectivity index is 1.74. The van der Waals surface area contributed by atoms with Gasteiger partial charge in [0.2, 0.25) is 0 Å². The average molecular weight is 437 g/mol. The number of benzene rings is 1. The molecule has 0 unspecified atom stereocenters. The second-order valence-corrected chi connectivity index (χ2v) is 8.96. The number of ether oxygens (including phenoxy) is 1. The van der Waals surface area contributed by atoms with Crippen LogP contribution in [0.25, 0.3) is 10.9 Å². The molecule has 1 aliphatic heterocycles. The number of aryl methyl sites for hydroxylation is 3. The van der Waals surface area contributed by atoms with Gasteiger partial charge in [0.05, 0.1) is 24.3 Å². The van der Waals surface area contributed by atoms with E-state index in [-0.39, 0.29) is 18.0 Å². The Kier molecular flexibility index (Phi) is 6.11. The van der Waals surface area contributed by atoms with Gasteiger partial charge in [-0.3, -0.25) is 9.59 Å². The fraction of sp³-hybridized carbons (Fsp3) is 0.440. The van der Waals surface area contributed by atoms with Crippen molar-refractivity contribution < 1.29 is 9.53 Å². The van der Waals surface area contributed by atoms with Crippen LogP contribution < -0.4 is 15.8 Å². The third kappa shape index (κ3) is 4.17. The van der Waals surface area contributed by atoms with Crippen LogP contribution >= 0.6 is 0 Å². The highest BCUT2D eigenvalue weighted by Gasteiger charge is 2.22. The van der Waals surface area contributed by atoms with Crippen molar-refractivity contribution in [3.8, 4) is 0 Å². The van der Waals surface area contributed by atoms with Crippen molar-refractivity contribution in [1.82, 2.24) is 14.9 Å². The number of fused-ring (bicyclic) bond motifs is 1. The first-order chi connectivity index (χ1) is 15.3. The van der Waals surface area contributed by atoms with Gasteiger partial charge in [0.15, 0.2) is 0 Å². The van der Waals surface area contributed by atoms with Crippen molar-refractivity contribution >= 4 is 22.5 Å². The molecule has 2 aromatic heterocycles. The van der Waals surface area contributed by atoms with Crippen LogP contribution in [0.1, 0.15) is 52.5 Å². The van der Waals surface area contributed by atoms with Gasteiger partial charge in [0, 0.05) is 55.2 Å². The van der Waals surface area contributed by atoms with E-state index in [2.05, 4.69) is 41.3 Å². The van der Waals surface area contributed by atoms with Gasteiger partial charge in [-0.05, 0) is 49.1 Å². The van der Waals surface area contributed by atoms with E-state index in [9.17, 15) is 9.59 Å². The highest BCUT2D eigenvalue weighted by molar-refractivity contribution is 6.08. The minimum absolute atomic E-state index is 0.157. The minimum Gasteiger partial charge on any atom is -0.378 e. The standard InChI is InChI=1S/C25H32N4O3/c1-15(2)22-14-28(5)23-19(22)11-18(29-6-8-32-9-7-29)12-20(23)24(30)26-13-21-16(3)10-17(4)27-25(21)31/h10-12,14-15H,6-9,13H2,1-5H3,(H,26,30)(H,27,31). The van der Waals surface area contributed by atoms with Crippen molar-refractivity contribution in [2.24, 2.45) is 7.05 Å². The summed E-state index contributed by atoms with van der Waals surface area (Å²) >= 11 is 0. The summed E-state index contributed by atoms with van der Waals surface area (Å²) in [5.74, 6) is 0.157. The van der Waals surface area contributed by atoms with Crippen LogP contribution in [0.15, 0.2) is 29.2 Å². The van der Waals surface area contributed by atoms with E-state index in [1.54, 1.807) is 0 Å². The summed E-state index contributed by atoms with van der Waals surface area (Å²) in [4.78, 5) is 30.9. The molecule has 4 rings (SSSR count). The van der Waals surface area contributed by atoms with Crippen molar-refractivity contribution in [3.05, 3.63) is 62.7 Å². The normalized spacial score (nSPS) is 14.4. The molecule has 0 bridgehead atoms. The van der Waals surface area contributed by atoms with Gasteiger partial charge in [-0.2, -0.15) is 0 Å². The van der Waals surface area contributed by atoms with Gasteiger partial charge in [-0.15, -0.1) is 0 Å². The summed E-state index contributed by atoms with van der Waals surface area (Å²) < 4.78 is 7.55. The van der Waals surface area contributed by atoms with Crippen LogP contribution in [0.5, 0.6) is 0 Å². The van der Waals surface area contributed by atoms with Gasteiger partial charge in [-0.1, -0.05) is 13.8 Å². The first kappa shape index (κ1) is 22.1. The monoisotopic (exact) mass is 436 g/mol. The Morgan fingerprint density at radius 2 is 1.91 bits per heavy atom. The third-order valence-electron chi connectivity index (χ3n) is 6.25. The average Bonchev–Trinajstić information content (AvgIpc) is 3.09. The van der Waals surface area contributed by atoms with Crippen molar-refractivity contribution in [1.29, 1.82) is 0 Å². The third-order valence-corrected chi connectivity index (χ3v) is 6.25. The van der Waals surface area contributed by atoms with Crippen LogP contribution in [-0.4, -0.2) is 41.8 Å². The Labute approximate surface area is 188 Å². The summed E-state index contributed by atoms with van der Waals surface area (Å²) in [6, 6.07) is 6.09. The van der Waals surface area contributed by atoms with Crippen LogP contribution in [0, 0.1) is 13.8 Å². The number of hydrogen-bond acceptors (Lipinski definition) is 4. The Morgan fingerprint density at radius 1 is 1.19 bits per heavy atom. The number of carbonyl (C=O) groups is 1. The number of carbonyl (C=O) groups excluding carboxylic acids is 1. The van der Waals surface area contributed by atoms with Crippen LogP contribution in [0.2, 0.25) is 0 Å². The molecule has 1 amide bonds. The number of pyridine rings is 1. The molecule has 0 atom stereocenters. The summed E-state index contributed by atoms with van der Waals surface area (Å²) in [6.45, 7) is 11.2. The molecule has 1 fully saturated rings. The number of anilines is 1. The lowest BCUT2D eigenvalue weighted by molar-refractivity contribution is 0.0952. The number of aromatic amines is 1. The van der Waals surface area contributed by atoms with E-state index < -0.39 is 0 Å². The number of nitrogens with zero attached hydrogens (tertiary/aromatic N) is 2. The maximum absolute atomic E-state index is 13.4. The molecule has 0 radical (unpaired) electrons. The van der Waals surface area contributed by atoms with Crippen molar-refractivity contribution in [2.45, 2.75) is 40.2 Å². The molecule has 1 aromatic carbocycles.